The van der Waals surface area contributed by atoms with E-state index in [4.69, 9.17) is 4.98 Å². The summed E-state index contributed by atoms with van der Waals surface area (Å²) in [6, 6.07) is 6.57. The van der Waals surface area contributed by atoms with E-state index in [1.165, 1.54) is 18.4 Å². The lowest BCUT2D eigenvalue weighted by atomic mass is 10.2. The molecule has 4 heteroatoms. The monoisotopic (exact) mass is 289 g/mol. The molecule has 1 N–H and O–H groups in total. The smallest absolute Gasteiger partial charge is 0.127 e. The van der Waals surface area contributed by atoms with Gasteiger partial charge in [-0.3, -0.25) is 4.90 Å². The molecular formula is C17H27N3O. The molecule has 1 atom stereocenters. The zero-order valence-corrected chi connectivity index (χ0v) is 13.6. The van der Waals surface area contributed by atoms with Crippen LogP contribution >= 0.6 is 0 Å². The summed E-state index contributed by atoms with van der Waals surface area (Å²) in [5, 5.41) is 9.38. The van der Waals surface area contributed by atoms with E-state index in [1.807, 2.05) is 0 Å². The van der Waals surface area contributed by atoms with Crippen LogP contribution in [-0.2, 0) is 6.54 Å². The van der Waals surface area contributed by atoms with Crippen LogP contribution in [0.3, 0.4) is 0 Å². The highest BCUT2D eigenvalue weighted by molar-refractivity contribution is 5.77. The number of rotatable bonds is 7. The van der Waals surface area contributed by atoms with Crippen molar-refractivity contribution in [1.82, 2.24) is 14.5 Å². The lowest BCUT2D eigenvalue weighted by molar-refractivity contribution is 0.234. The van der Waals surface area contributed by atoms with Gasteiger partial charge in [-0.15, -0.1) is 0 Å². The second kappa shape index (κ2) is 7.05. The number of benzene rings is 1. The molecule has 1 unspecified atom stereocenters. The molecule has 0 saturated carbocycles. The molecule has 0 fully saturated rings. The minimum atomic E-state index is 0.137. The third kappa shape index (κ3) is 3.44. The minimum absolute atomic E-state index is 0.137. The van der Waals surface area contributed by atoms with Gasteiger partial charge < -0.3 is 9.67 Å². The van der Waals surface area contributed by atoms with Gasteiger partial charge in [0.1, 0.15) is 5.82 Å². The quantitative estimate of drug-likeness (QED) is 0.851. The maximum Gasteiger partial charge on any atom is 0.127 e. The summed E-state index contributed by atoms with van der Waals surface area (Å²) >= 11 is 0. The third-order valence-electron chi connectivity index (χ3n) is 4.16. The molecule has 2 rings (SSSR count). The highest BCUT2D eigenvalue weighted by Gasteiger charge is 2.19. The molecular weight excluding hydrogens is 262 g/mol. The van der Waals surface area contributed by atoms with E-state index in [1.54, 1.807) is 0 Å². The molecule has 2 aromatic rings. The molecule has 1 heterocycles. The van der Waals surface area contributed by atoms with Crippen molar-refractivity contribution in [2.75, 3.05) is 20.2 Å². The Hall–Kier alpha value is -1.39. The van der Waals surface area contributed by atoms with Crippen LogP contribution < -0.4 is 0 Å². The van der Waals surface area contributed by atoms with Gasteiger partial charge in [-0.1, -0.05) is 19.4 Å². The molecule has 1 aromatic heterocycles. The van der Waals surface area contributed by atoms with Gasteiger partial charge in [0.05, 0.1) is 23.7 Å². The van der Waals surface area contributed by atoms with Crippen molar-refractivity contribution >= 4 is 11.0 Å². The number of hydrogen-bond donors (Lipinski definition) is 1. The maximum atomic E-state index is 9.38. The zero-order chi connectivity index (χ0) is 15.4. The predicted octanol–water partition coefficient (Wildman–Crippen LogP) is 3.13. The topological polar surface area (TPSA) is 41.3 Å². The number of imidazole rings is 1. The molecule has 0 bridgehead atoms. The highest BCUT2D eigenvalue weighted by atomic mass is 16.3. The molecule has 1 aromatic carbocycles. The molecule has 21 heavy (non-hydrogen) atoms. The van der Waals surface area contributed by atoms with Crippen LogP contribution in [0.25, 0.3) is 11.0 Å². The lowest BCUT2D eigenvalue weighted by Crippen LogP contribution is -2.26. The first-order chi connectivity index (χ1) is 10.1. The van der Waals surface area contributed by atoms with Gasteiger partial charge in [-0.25, -0.2) is 4.98 Å². The number of nitrogens with zero attached hydrogens (tertiary/aromatic N) is 3. The number of aliphatic hydroxyl groups is 1. The Morgan fingerprint density at radius 2 is 2.14 bits per heavy atom. The normalized spacial score (nSPS) is 13.2. The number of aromatic nitrogens is 2. The standard InChI is InChI=1S/C17H27N3O/c1-5-6-9-19(4)14(3)17-18-15-12-13(2)7-8-16(15)20(17)10-11-21/h7-8,12,14,21H,5-6,9-11H2,1-4H3. The van der Waals surface area contributed by atoms with Crippen LogP contribution in [0.15, 0.2) is 18.2 Å². The second-order valence-electron chi connectivity index (χ2n) is 5.85. The summed E-state index contributed by atoms with van der Waals surface area (Å²) in [5.41, 5.74) is 3.35. The van der Waals surface area contributed by atoms with E-state index in [9.17, 15) is 5.11 Å². The SMILES string of the molecule is CCCCN(C)C(C)c1nc2cc(C)ccc2n1CCO. The Bertz CT molecular complexity index is 591. The Kier molecular flexibility index (Phi) is 5.37. The Labute approximate surface area is 127 Å². The van der Waals surface area contributed by atoms with Crippen molar-refractivity contribution in [1.29, 1.82) is 0 Å². The van der Waals surface area contributed by atoms with Gasteiger partial charge in [-0.2, -0.15) is 0 Å². The third-order valence-corrected chi connectivity index (χ3v) is 4.16. The molecule has 116 valence electrons. The van der Waals surface area contributed by atoms with Gasteiger partial charge in [0.2, 0.25) is 0 Å². The highest BCUT2D eigenvalue weighted by Crippen LogP contribution is 2.25. The van der Waals surface area contributed by atoms with Gasteiger partial charge in [0.25, 0.3) is 0 Å². The van der Waals surface area contributed by atoms with Crippen molar-refractivity contribution < 1.29 is 5.11 Å². The van der Waals surface area contributed by atoms with Gasteiger partial charge in [-0.05, 0) is 51.6 Å². The summed E-state index contributed by atoms with van der Waals surface area (Å²) in [5.74, 6) is 1.04. The van der Waals surface area contributed by atoms with E-state index in [-0.39, 0.29) is 12.6 Å². The predicted molar refractivity (Wildman–Crippen MR) is 87.5 cm³/mol. The lowest BCUT2D eigenvalue weighted by Gasteiger charge is -2.24. The average Bonchev–Trinajstić information content (AvgIpc) is 2.82. The number of hydrogen-bond acceptors (Lipinski definition) is 3. The van der Waals surface area contributed by atoms with E-state index < -0.39 is 0 Å². The van der Waals surface area contributed by atoms with Gasteiger partial charge in [0, 0.05) is 6.54 Å². The summed E-state index contributed by atoms with van der Waals surface area (Å²) in [4.78, 5) is 7.17. The second-order valence-corrected chi connectivity index (χ2v) is 5.85. The van der Waals surface area contributed by atoms with Crippen LogP contribution in [0.5, 0.6) is 0 Å². The van der Waals surface area contributed by atoms with E-state index in [2.05, 4.69) is 55.5 Å². The first-order valence-corrected chi connectivity index (χ1v) is 7.86. The van der Waals surface area contributed by atoms with Gasteiger partial charge in [0.15, 0.2) is 0 Å². The molecule has 0 amide bonds. The summed E-state index contributed by atoms with van der Waals surface area (Å²) < 4.78 is 2.15. The first kappa shape index (κ1) is 16.0. The van der Waals surface area contributed by atoms with Crippen LogP contribution in [0.4, 0.5) is 0 Å². The molecule has 0 aliphatic carbocycles. The molecule has 0 aliphatic rings. The van der Waals surface area contributed by atoms with Crippen molar-refractivity contribution in [3.8, 4) is 0 Å². The van der Waals surface area contributed by atoms with Crippen LogP contribution in [0, 0.1) is 6.92 Å². The molecule has 0 radical (unpaired) electrons. The zero-order valence-electron chi connectivity index (χ0n) is 13.6. The number of aliphatic hydroxyl groups excluding tert-OH is 1. The fourth-order valence-corrected chi connectivity index (χ4v) is 2.71. The van der Waals surface area contributed by atoms with Crippen LogP contribution in [-0.4, -0.2) is 39.8 Å². The Balaban J connectivity index is 2.39. The summed E-state index contributed by atoms with van der Waals surface area (Å²) in [6.07, 6.45) is 2.39. The largest absolute Gasteiger partial charge is 0.395 e. The minimum Gasteiger partial charge on any atom is -0.395 e. The molecule has 0 saturated heterocycles. The van der Waals surface area contributed by atoms with E-state index in [0.29, 0.717) is 6.54 Å². The van der Waals surface area contributed by atoms with E-state index >= 15 is 0 Å². The summed E-state index contributed by atoms with van der Waals surface area (Å²) in [6.45, 7) is 8.29. The van der Waals surface area contributed by atoms with Gasteiger partial charge >= 0.3 is 0 Å². The number of aryl methyl sites for hydroxylation is 1. The Morgan fingerprint density at radius 1 is 1.38 bits per heavy atom. The van der Waals surface area contributed by atoms with Crippen molar-refractivity contribution in [2.45, 2.75) is 46.2 Å². The van der Waals surface area contributed by atoms with Crippen molar-refractivity contribution in [3.63, 3.8) is 0 Å². The summed E-state index contributed by atoms with van der Waals surface area (Å²) in [7, 11) is 2.15. The fraction of sp³-hybridized carbons (Fsp3) is 0.588. The van der Waals surface area contributed by atoms with E-state index in [0.717, 1.165) is 23.4 Å². The number of fused-ring (bicyclic) bond motifs is 1. The van der Waals surface area contributed by atoms with Crippen LogP contribution in [0.2, 0.25) is 0 Å². The molecule has 0 aliphatic heterocycles. The van der Waals surface area contributed by atoms with Crippen molar-refractivity contribution in [3.05, 3.63) is 29.6 Å². The first-order valence-electron chi connectivity index (χ1n) is 7.86. The molecule has 0 spiro atoms. The van der Waals surface area contributed by atoms with Crippen LogP contribution in [0.1, 0.15) is 44.1 Å². The molecule has 4 nitrogen and oxygen atoms in total. The Morgan fingerprint density at radius 3 is 2.81 bits per heavy atom. The van der Waals surface area contributed by atoms with Crippen molar-refractivity contribution in [2.24, 2.45) is 0 Å². The maximum absolute atomic E-state index is 9.38. The average molecular weight is 289 g/mol. The fourth-order valence-electron chi connectivity index (χ4n) is 2.71. The number of unbranched alkanes of at least 4 members (excludes halogenated alkanes) is 1.